The van der Waals surface area contributed by atoms with Gasteiger partial charge < -0.3 is 23.4 Å². The Hall–Kier alpha value is -0.256. The summed E-state index contributed by atoms with van der Waals surface area (Å²) < 4.78 is 24.0. The molecule has 2 rings (SSSR count). The summed E-state index contributed by atoms with van der Waals surface area (Å²) in [5.74, 6) is -0.405. The van der Waals surface area contributed by atoms with Gasteiger partial charge in [-0.1, -0.05) is 41.5 Å². The van der Waals surface area contributed by atoms with Crippen LogP contribution in [0.25, 0.3) is 0 Å². The first-order chi connectivity index (χ1) is 12.4. The van der Waals surface area contributed by atoms with E-state index in [1.54, 1.807) is 0 Å². The topological polar surface area (TPSA) is 77.5 Å². The summed E-state index contributed by atoms with van der Waals surface area (Å²) in [7, 11) is -2.98. The van der Waals surface area contributed by atoms with Crippen LogP contribution in [0.4, 0.5) is 0 Å². The fourth-order valence-corrected chi connectivity index (χ4v) is 5.87. The molecule has 1 heterocycles. The van der Waals surface area contributed by atoms with Crippen molar-refractivity contribution in [2.24, 2.45) is 0 Å². The fraction of sp³-hybridized carbons (Fsp3) is 0.950. The van der Waals surface area contributed by atoms with E-state index < -0.39 is 52.6 Å². The van der Waals surface area contributed by atoms with E-state index >= 15 is 0 Å². The highest BCUT2D eigenvalue weighted by atomic mass is 28.4. The van der Waals surface area contributed by atoms with Gasteiger partial charge in [-0.25, -0.2) is 4.79 Å². The van der Waals surface area contributed by atoms with Gasteiger partial charge in [-0.05, 0) is 36.3 Å². The van der Waals surface area contributed by atoms with E-state index in [-0.39, 0.29) is 10.1 Å². The molecule has 1 aliphatic heterocycles. The lowest BCUT2D eigenvalue weighted by molar-refractivity contribution is -0.151. The molecule has 1 saturated carbocycles. The SMILES string of the molecule is COC(=O)[C@@]12C[C@@H](O[Si](C)(C)C(C)(C)C)[C@H](O)[C@H](O[Si](C)(C)C(C)(C)C)[C@@H]1O2. The van der Waals surface area contributed by atoms with Crippen LogP contribution in [0.2, 0.25) is 36.3 Å². The Labute approximate surface area is 172 Å². The van der Waals surface area contributed by atoms with Crippen molar-refractivity contribution >= 4 is 22.6 Å². The van der Waals surface area contributed by atoms with Gasteiger partial charge in [0.25, 0.3) is 0 Å². The van der Waals surface area contributed by atoms with Crippen molar-refractivity contribution in [3.63, 3.8) is 0 Å². The summed E-state index contributed by atoms with van der Waals surface area (Å²) in [5, 5.41) is 11.2. The van der Waals surface area contributed by atoms with Crippen molar-refractivity contribution in [2.75, 3.05) is 7.11 Å². The third-order valence-corrected chi connectivity index (χ3v) is 16.3. The number of carbonyl (C=O) groups is 1. The van der Waals surface area contributed by atoms with Crippen molar-refractivity contribution in [3.8, 4) is 0 Å². The number of hydrogen-bond donors (Lipinski definition) is 1. The number of aliphatic hydroxyl groups excluding tert-OH is 1. The van der Waals surface area contributed by atoms with Crippen LogP contribution < -0.4 is 0 Å². The van der Waals surface area contributed by atoms with Crippen LogP contribution in [0.15, 0.2) is 0 Å². The molecule has 0 aromatic heterocycles. The number of carbonyl (C=O) groups excluding carboxylic acids is 1. The van der Waals surface area contributed by atoms with E-state index in [9.17, 15) is 9.90 Å². The van der Waals surface area contributed by atoms with Crippen LogP contribution in [-0.4, -0.2) is 64.8 Å². The molecule has 0 amide bonds. The van der Waals surface area contributed by atoms with Crippen molar-refractivity contribution in [1.29, 1.82) is 0 Å². The van der Waals surface area contributed by atoms with Gasteiger partial charge in [-0.2, -0.15) is 0 Å². The normalized spacial score (nSPS) is 34.0. The first kappa shape index (κ1) is 24.0. The van der Waals surface area contributed by atoms with Gasteiger partial charge in [0.2, 0.25) is 0 Å². The van der Waals surface area contributed by atoms with Crippen LogP contribution >= 0.6 is 0 Å². The molecule has 0 spiro atoms. The number of fused-ring (bicyclic) bond motifs is 1. The Morgan fingerprint density at radius 1 is 1.00 bits per heavy atom. The van der Waals surface area contributed by atoms with Crippen LogP contribution in [0.5, 0.6) is 0 Å². The molecular formula is C20H40O6Si2. The molecule has 0 aromatic rings. The molecule has 1 N–H and O–H groups in total. The van der Waals surface area contributed by atoms with Gasteiger partial charge in [0, 0.05) is 6.42 Å². The Kier molecular flexibility index (Phi) is 6.14. The van der Waals surface area contributed by atoms with Gasteiger partial charge in [0.15, 0.2) is 22.2 Å². The quantitative estimate of drug-likeness (QED) is 0.404. The maximum atomic E-state index is 12.5. The Bertz CT molecular complexity index is 607. The molecule has 28 heavy (non-hydrogen) atoms. The zero-order valence-electron chi connectivity index (χ0n) is 19.5. The molecule has 0 aromatic carbocycles. The molecule has 0 bridgehead atoms. The summed E-state index contributed by atoms with van der Waals surface area (Å²) in [6.07, 6.45) is -2.14. The van der Waals surface area contributed by atoms with E-state index in [0.29, 0.717) is 6.42 Å². The lowest BCUT2D eigenvalue weighted by atomic mass is 9.83. The summed E-state index contributed by atoms with van der Waals surface area (Å²) in [5.41, 5.74) is -1.06. The second kappa shape index (κ2) is 7.16. The molecule has 6 nitrogen and oxygen atoms in total. The van der Waals surface area contributed by atoms with E-state index in [4.69, 9.17) is 18.3 Å². The van der Waals surface area contributed by atoms with Crippen LogP contribution in [0.1, 0.15) is 48.0 Å². The molecule has 2 fully saturated rings. The van der Waals surface area contributed by atoms with Crippen LogP contribution in [0, 0.1) is 0 Å². The molecule has 2 aliphatic rings. The maximum Gasteiger partial charge on any atom is 0.341 e. The first-order valence-corrected chi connectivity index (χ1v) is 16.0. The number of esters is 1. The van der Waals surface area contributed by atoms with Gasteiger partial charge >= 0.3 is 5.97 Å². The summed E-state index contributed by atoms with van der Waals surface area (Å²) >= 11 is 0. The zero-order chi connectivity index (χ0) is 21.9. The van der Waals surface area contributed by atoms with Gasteiger partial charge in [0.05, 0.1) is 13.2 Å². The van der Waals surface area contributed by atoms with Crippen LogP contribution in [0.3, 0.4) is 0 Å². The summed E-state index contributed by atoms with van der Waals surface area (Å²) in [6.45, 7) is 21.5. The number of ether oxygens (including phenoxy) is 2. The maximum absolute atomic E-state index is 12.5. The van der Waals surface area contributed by atoms with E-state index in [0.717, 1.165) is 0 Å². The van der Waals surface area contributed by atoms with Crippen molar-refractivity contribution in [2.45, 2.75) is 114 Å². The third-order valence-electron chi connectivity index (χ3n) is 7.28. The highest BCUT2D eigenvalue weighted by molar-refractivity contribution is 6.74. The minimum Gasteiger partial charge on any atom is -0.467 e. The van der Waals surface area contributed by atoms with Gasteiger partial charge in [-0.3, -0.25) is 0 Å². The van der Waals surface area contributed by atoms with Gasteiger partial charge in [0.1, 0.15) is 18.3 Å². The number of rotatable bonds is 5. The number of epoxide rings is 1. The Morgan fingerprint density at radius 3 is 1.89 bits per heavy atom. The summed E-state index contributed by atoms with van der Waals surface area (Å²) in [6, 6.07) is 0. The van der Waals surface area contributed by atoms with Crippen molar-refractivity contribution in [1.82, 2.24) is 0 Å². The van der Waals surface area contributed by atoms with Crippen molar-refractivity contribution < 1.29 is 28.2 Å². The second-order valence-corrected chi connectivity index (χ2v) is 20.9. The molecule has 0 radical (unpaired) electrons. The molecular weight excluding hydrogens is 392 g/mol. The number of aliphatic hydroxyl groups is 1. The predicted octanol–water partition coefficient (Wildman–Crippen LogP) is 3.84. The number of methoxy groups -OCH3 is 1. The largest absolute Gasteiger partial charge is 0.467 e. The standard InChI is InChI=1S/C20H40O6Si2/c1-18(2,3)27(8,9)25-13-12-20(17(22)23-7)16(24-20)15(14(13)21)26-28(10,11)19(4,5)6/h13-16,21H,12H2,1-11H3/t13-,14+,15+,16+,20-/m1/s1. The lowest BCUT2D eigenvalue weighted by Crippen LogP contribution is -2.60. The van der Waals surface area contributed by atoms with Crippen molar-refractivity contribution in [3.05, 3.63) is 0 Å². The molecule has 0 unspecified atom stereocenters. The molecule has 5 atom stereocenters. The Morgan fingerprint density at radius 2 is 1.46 bits per heavy atom. The zero-order valence-corrected chi connectivity index (χ0v) is 21.5. The average Bonchev–Trinajstić information content (AvgIpc) is 3.23. The molecule has 1 saturated heterocycles. The average molecular weight is 433 g/mol. The monoisotopic (exact) mass is 432 g/mol. The highest BCUT2D eigenvalue weighted by Gasteiger charge is 2.73. The van der Waals surface area contributed by atoms with Gasteiger partial charge in [-0.15, -0.1) is 0 Å². The minimum atomic E-state index is -2.19. The van der Waals surface area contributed by atoms with E-state index in [1.165, 1.54) is 7.11 Å². The number of hydrogen-bond acceptors (Lipinski definition) is 6. The van der Waals surface area contributed by atoms with E-state index in [2.05, 4.69) is 67.7 Å². The molecule has 1 aliphatic carbocycles. The van der Waals surface area contributed by atoms with Crippen LogP contribution in [-0.2, 0) is 23.1 Å². The smallest absolute Gasteiger partial charge is 0.341 e. The van der Waals surface area contributed by atoms with E-state index in [1.807, 2.05) is 0 Å². The fourth-order valence-electron chi connectivity index (χ4n) is 3.23. The molecule has 8 heteroatoms. The lowest BCUT2D eigenvalue weighted by Gasteiger charge is -2.46. The minimum absolute atomic E-state index is 0.0117. The first-order valence-electron chi connectivity index (χ1n) is 10.2. The Balaban J connectivity index is 2.35. The highest BCUT2D eigenvalue weighted by Crippen LogP contribution is 2.53. The summed E-state index contributed by atoms with van der Waals surface area (Å²) in [4.78, 5) is 12.5. The third kappa shape index (κ3) is 4.13. The predicted molar refractivity (Wildman–Crippen MR) is 114 cm³/mol. The second-order valence-electron chi connectivity index (χ2n) is 11.4. The molecule has 164 valence electrons.